The van der Waals surface area contributed by atoms with Gasteiger partial charge in [-0.1, -0.05) is 0 Å². The molecule has 2 aliphatic rings. The van der Waals surface area contributed by atoms with Crippen LogP contribution in [0.1, 0.15) is 18.4 Å². The highest BCUT2D eigenvalue weighted by Crippen LogP contribution is 2.29. The van der Waals surface area contributed by atoms with E-state index in [9.17, 15) is 9.59 Å². The summed E-state index contributed by atoms with van der Waals surface area (Å²) >= 11 is 0. The molecule has 1 saturated heterocycles. The normalized spacial score (nSPS) is 18.1. The number of carbonyl (C=O) groups excluding carboxylic acids is 2. The van der Waals surface area contributed by atoms with E-state index < -0.39 is 0 Å². The van der Waals surface area contributed by atoms with Crippen molar-refractivity contribution in [2.24, 2.45) is 0 Å². The maximum Gasteiger partial charge on any atom is 0.319 e. The fourth-order valence-corrected chi connectivity index (χ4v) is 2.50. The minimum Gasteiger partial charge on any atom is -0.383 e. The lowest BCUT2D eigenvalue weighted by atomic mass is 10.3. The summed E-state index contributed by atoms with van der Waals surface area (Å²) in [5.41, 5.74) is 0.925. The maximum atomic E-state index is 12.1. The summed E-state index contributed by atoms with van der Waals surface area (Å²) in [5.74, 6) is 0.0463. The summed E-state index contributed by atoms with van der Waals surface area (Å²) < 4.78 is 6.77. The molecule has 0 unspecified atom stereocenters. The van der Waals surface area contributed by atoms with E-state index in [1.165, 1.54) is 0 Å². The Morgan fingerprint density at radius 1 is 1.50 bits per heavy atom. The van der Waals surface area contributed by atoms with Crippen LogP contribution in [0.3, 0.4) is 0 Å². The number of ether oxygens (including phenoxy) is 1. The van der Waals surface area contributed by atoms with Crippen molar-refractivity contribution in [1.82, 2.24) is 24.9 Å². The fraction of sp³-hybridized carbons (Fsp3) is 0.643. The summed E-state index contributed by atoms with van der Waals surface area (Å²) in [6.45, 7) is 2.26. The molecule has 22 heavy (non-hydrogen) atoms. The first-order chi connectivity index (χ1) is 10.7. The van der Waals surface area contributed by atoms with Crippen LogP contribution in [0.15, 0.2) is 12.4 Å². The van der Waals surface area contributed by atoms with E-state index in [1.54, 1.807) is 27.8 Å². The quantitative estimate of drug-likeness (QED) is 0.802. The van der Waals surface area contributed by atoms with Crippen LogP contribution in [0.25, 0.3) is 0 Å². The summed E-state index contributed by atoms with van der Waals surface area (Å²) in [7, 11) is 1.65. The maximum absolute atomic E-state index is 12.1. The molecular weight excluding hydrogens is 286 g/mol. The molecule has 120 valence electrons. The Morgan fingerprint density at radius 2 is 2.32 bits per heavy atom. The van der Waals surface area contributed by atoms with Crippen LogP contribution in [0.2, 0.25) is 0 Å². The lowest BCUT2D eigenvalue weighted by Gasteiger charge is -2.17. The molecule has 1 aliphatic heterocycles. The first kappa shape index (κ1) is 14.8. The highest BCUT2D eigenvalue weighted by Gasteiger charge is 2.39. The molecule has 2 fully saturated rings. The number of carbonyl (C=O) groups is 2. The van der Waals surface area contributed by atoms with Crippen molar-refractivity contribution < 1.29 is 14.3 Å². The molecule has 8 heteroatoms. The molecule has 2 heterocycles. The third kappa shape index (κ3) is 3.38. The number of methoxy groups -OCH3 is 1. The highest BCUT2D eigenvalue weighted by atomic mass is 16.5. The molecule has 1 aromatic heterocycles. The third-order valence-corrected chi connectivity index (χ3v) is 3.90. The number of nitrogens with one attached hydrogen (secondary N) is 1. The van der Waals surface area contributed by atoms with Crippen LogP contribution >= 0.6 is 0 Å². The van der Waals surface area contributed by atoms with Gasteiger partial charge in [-0.05, 0) is 12.8 Å². The van der Waals surface area contributed by atoms with Crippen LogP contribution < -0.4 is 5.32 Å². The molecular formula is C14H21N5O3. The number of amides is 3. The number of aromatic nitrogens is 2. The Balaban J connectivity index is 1.46. The van der Waals surface area contributed by atoms with Gasteiger partial charge in [0.25, 0.3) is 0 Å². The molecule has 1 N–H and O–H groups in total. The van der Waals surface area contributed by atoms with Gasteiger partial charge < -0.3 is 15.0 Å². The van der Waals surface area contributed by atoms with Gasteiger partial charge in [0.15, 0.2) is 0 Å². The van der Waals surface area contributed by atoms with Crippen molar-refractivity contribution >= 4 is 11.9 Å². The van der Waals surface area contributed by atoms with E-state index in [0.29, 0.717) is 32.4 Å². The summed E-state index contributed by atoms with van der Waals surface area (Å²) in [6.07, 6.45) is 5.72. The first-order valence-corrected chi connectivity index (χ1v) is 7.50. The van der Waals surface area contributed by atoms with Gasteiger partial charge in [-0.2, -0.15) is 5.10 Å². The molecule has 1 aromatic rings. The number of hydrogen-bond acceptors (Lipinski definition) is 4. The van der Waals surface area contributed by atoms with Crippen LogP contribution in [0.5, 0.6) is 0 Å². The molecule has 1 saturated carbocycles. The van der Waals surface area contributed by atoms with Gasteiger partial charge in [-0.15, -0.1) is 0 Å². The van der Waals surface area contributed by atoms with Gasteiger partial charge in [0.1, 0.15) is 6.54 Å². The average molecular weight is 307 g/mol. The monoisotopic (exact) mass is 307 g/mol. The molecule has 3 amide bonds. The smallest absolute Gasteiger partial charge is 0.319 e. The van der Waals surface area contributed by atoms with E-state index in [-0.39, 0.29) is 18.5 Å². The summed E-state index contributed by atoms with van der Waals surface area (Å²) in [6, 6.07) is 0.144. The molecule has 0 aromatic carbocycles. The van der Waals surface area contributed by atoms with Gasteiger partial charge in [0.2, 0.25) is 5.91 Å². The number of hydrogen-bond donors (Lipinski definition) is 1. The van der Waals surface area contributed by atoms with Crippen LogP contribution in [0.4, 0.5) is 4.79 Å². The lowest BCUT2D eigenvalue weighted by Crippen LogP contribution is -2.39. The Bertz CT molecular complexity index is 554. The van der Waals surface area contributed by atoms with Crippen molar-refractivity contribution in [2.75, 3.05) is 26.9 Å². The Morgan fingerprint density at radius 3 is 3.05 bits per heavy atom. The minimum absolute atomic E-state index is 0.0463. The van der Waals surface area contributed by atoms with E-state index >= 15 is 0 Å². The average Bonchev–Trinajstić information content (AvgIpc) is 3.13. The van der Waals surface area contributed by atoms with Crippen molar-refractivity contribution in [2.45, 2.75) is 32.0 Å². The van der Waals surface area contributed by atoms with E-state index in [0.717, 1.165) is 18.4 Å². The largest absolute Gasteiger partial charge is 0.383 e. The van der Waals surface area contributed by atoms with Crippen LogP contribution in [-0.2, 0) is 22.6 Å². The SMILES string of the molecule is COCCn1cc(CNC(=O)N2CC(=O)N(C3CC3)C2)cn1. The number of urea groups is 1. The Hall–Kier alpha value is -2.09. The molecule has 1 aliphatic carbocycles. The molecule has 0 radical (unpaired) electrons. The summed E-state index contributed by atoms with van der Waals surface area (Å²) in [5, 5.41) is 7.03. The summed E-state index contributed by atoms with van der Waals surface area (Å²) in [4.78, 5) is 27.3. The van der Waals surface area contributed by atoms with Crippen LogP contribution in [-0.4, -0.2) is 64.5 Å². The Kier molecular flexibility index (Phi) is 4.28. The zero-order chi connectivity index (χ0) is 15.5. The fourth-order valence-electron chi connectivity index (χ4n) is 2.50. The molecule has 3 rings (SSSR count). The second-order valence-electron chi connectivity index (χ2n) is 5.70. The minimum atomic E-state index is -0.207. The zero-order valence-electron chi connectivity index (χ0n) is 12.7. The van der Waals surface area contributed by atoms with Gasteiger partial charge in [-0.25, -0.2) is 4.79 Å². The van der Waals surface area contributed by atoms with Crippen molar-refractivity contribution in [3.63, 3.8) is 0 Å². The van der Waals surface area contributed by atoms with E-state index in [1.807, 2.05) is 6.20 Å². The number of rotatable bonds is 6. The van der Waals surface area contributed by atoms with Gasteiger partial charge >= 0.3 is 6.03 Å². The zero-order valence-corrected chi connectivity index (χ0v) is 12.7. The second-order valence-corrected chi connectivity index (χ2v) is 5.70. The molecule has 8 nitrogen and oxygen atoms in total. The molecule has 0 spiro atoms. The topological polar surface area (TPSA) is 79.7 Å². The Labute approximate surface area is 129 Å². The third-order valence-electron chi connectivity index (χ3n) is 3.90. The number of nitrogens with zero attached hydrogens (tertiary/aromatic N) is 4. The predicted molar refractivity (Wildman–Crippen MR) is 77.8 cm³/mol. The van der Waals surface area contributed by atoms with Gasteiger partial charge in [0, 0.05) is 31.5 Å². The lowest BCUT2D eigenvalue weighted by molar-refractivity contribution is -0.127. The van der Waals surface area contributed by atoms with Gasteiger partial charge in [0.05, 0.1) is 26.0 Å². The molecule has 0 bridgehead atoms. The second kappa shape index (κ2) is 6.35. The standard InChI is InChI=1S/C14H21N5O3/c1-22-5-4-18-8-11(7-16-18)6-15-14(21)17-9-13(20)19(10-17)12-2-3-12/h7-8,12H,2-6,9-10H2,1H3,(H,15,21). The van der Waals surface area contributed by atoms with E-state index in [2.05, 4.69) is 10.4 Å². The predicted octanol–water partition coefficient (Wildman–Crippen LogP) is 0.00320. The van der Waals surface area contributed by atoms with E-state index in [4.69, 9.17) is 4.74 Å². The van der Waals surface area contributed by atoms with Gasteiger partial charge in [-0.3, -0.25) is 14.4 Å². The van der Waals surface area contributed by atoms with Crippen LogP contribution in [0, 0.1) is 0 Å². The highest BCUT2D eigenvalue weighted by molar-refractivity contribution is 5.87. The van der Waals surface area contributed by atoms with Crippen molar-refractivity contribution in [3.8, 4) is 0 Å². The van der Waals surface area contributed by atoms with Crippen molar-refractivity contribution in [1.29, 1.82) is 0 Å². The first-order valence-electron chi connectivity index (χ1n) is 7.50. The molecule has 0 atom stereocenters. The van der Waals surface area contributed by atoms with Crippen molar-refractivity contribution in [3.05, 3.63) is 18.0 Å².